The lowest BCUT2D eigenvalue weighted by Gasteiger charge is -2.24. The maximum atomic E-state index is 4.22. The Kier molecular flexibility index (Phi) is 1.69. The van der Waals surface area contributed by atoms with Crippen LogP contribution in [0.3, 0.4) is 0 Å². The Morgan fingerprint density at radius 2 is 1.06 bits per heavy atom. The highest BCUT2D eigenvalue weighted by molar-refractivity contribution is 5.38. The second-order valence-electron chi connectivity index (χ2n) is 6.44. The van der Waals surface area contributed by atoms with Crippen LogP contribution in [0.25, 0.3) is 0 Å². The Morgan fingerprint density at radius 3 is 1.31 bits per heavy atom. The Morgan fingerprint density at radius 1 is 0.625 bits per heavy atom. The highest BCUT2D eigenvalue weighted by atomic mass is 14.5. The summed E-state index contributed by atoms with van der Waals surface area (Å²) in [6.45, 7) is 8.44. The third-order valence-corrected chi connectivity index (χ3v) is 5.64. The molecule has 0 N–H and O–H groups in total. The molecule has 16 heavy (non-hydrogen) atoms. The molecule has 0 nitrogen and oxygen atoms in total. The lowest BCUT2D eigenvalue weighted by molar-refractivity contribution is 0.625. The van der Waals surface area contributed by atoms with Crippen LogP contribution >= 0.6 is 0 Å². The van der Waals surface area contributed by atoms with Gasteiger partial charge in [0.25, 0.3) is 0 Å². The molecular formula is C16H20. The molecule has 0 saturated heterocycles. The van der Waals surface area contributed by atoms with E-state index in [0.717, 1.165) is 23.7 Å². The zero-order chi connectivity index (χ0) is 10.9. The SMILES string of the molecule is C=C1CC2CC1CC2=C1CC2CC1CC2=C. The van der Waals surface area contributed by atoms with E-state index in [1.165, 1.54) is 38.5 Å². The van der Waals surface area contributed by atoms with Crippen molar-refractivity contribution in [3.63, 3.8) is 0 Å². The summed E-state index contributed by atoms with van der Waals surface area (Å²) in [6, 6.07) is 0. The van der Waals surface area contributed by atoms with Crippen molar-refractivity contribution in [1.29, 1.82) is 0 Å². The van der Waals surface area contributed by atoms with Gasteiger partial charge >= 0.3 is 0 Å². The predicted molar refractivity (Wildman–Crippen MR) is 67.0 cm³/mol. The lowest BCUT2D eigenvalue weighted by Crippen LogP contribution is -2.09. The predicted octanol–water partition coefficient (Wildman–Crippen LogP) is 4.26. The smallest absolute Gasteiger partial charge is 0.0157 e. The Bertz CT molecular complexity index is 383. The molecule has 4 unspecified atom stereocenters. The highest BCUT2D eigenvalue weighted by Crippen LogP contribution is 2.58. The van der Waals surface area contributed by atoms with Gasteiger partial charge in [0.2, 0.25) is 0 Å². The highest BCUT2D eigenvalue weighted by Gasteiger charge is 2.45. The second-order valence-corrected chi connectivity index (χ2v) is 6.44. The van der Waals surface area contributed by atoms with E-state index in [-0.39, 0.29) is 0 Å². The summed E-state index contributed by atoms with van der Waals surface area (Å²) in [5.74, 6) is 3.52. The maximum Gasteiger partial charge on any atom is -0.0157 e. The first-order valence-electron chi connectivity index (χ1n) is 6.79. The number of allylic oxidation sites excluding steroid dienone is 4. The van der Waals surface area contributed by atoms with Crippen molar-refractivity contribution in [3.8, 4) is 0 Å². The summed E-state index contributed by atoms with van der Waals surface area (Å²) >= 11 is 0. The average Bonchev–Trinajstić information content (AvgIpc) is 2.93. The van der Waals surface area contributed by atoms with Gasteiger partial charge in [-0.2, -0.15) is 0 Å². The molecule has 4 bridgehead atoms. The van der Waals surface area contributed by atoms with Crippen LogP contribution in [-0.2, 0) is 0 Å². The summed E-state index contributed by atoms with van der Waals surface area (Å²) in [6.07, 6.45) is 8.21. The lowest BCUT2D eigenvalue weighted by atomic mass is 9.81. The third-order valence-electron chi connectivity index (χ3n) is 5.64. The third kappa shape index (κ3) is 1.06. The van der Waals surface area contributed by atoms with E-state index in [4.69, 9.17) is 0 Å². The van der Waals surface area contributed by atoms with Gasteiger partial charge in [0.05, 0.1) is 0 Å². The molecule has 4 fully saturated rings. The number of rotatable bonds is 0. The quantitative estimate of drug-likeness (QED) is 0.526. The van der Waals surface area contributed by atoms with Gasteiger partial charge in [-0.15, -0.1) is 0 Å². The average molecular weight is 212 g/mol. The second kappa shape index (κ2) is 2.91. The Balaban J connectivity index is 1.68. The van der Waals surface area contributed by atoms with Crippen molar-refractivity contribution in [2.24, 2.45) is 23.7 Å². The number of hydrogen-bond donors (Lipinski definition) is 0. The molecule has 4 aliphatic carbocycles. The fraction of sp³-hybridized carbons (Fsp3) is 0.625. The van der Waals surface area contributed by atoms with Crippen LogP contribution in [0.4, 0.5) is 0 Å². The minimum absolute atomic E-state index is 0.856. The molecule has 0 spiro atoms. The fourth-order valence-electron chi connectivity index (χ4n) is 4.79. The van der Waals surface area contributed by atoms with Crippen LogP contribution in [0.2, 0.25) is 0 Å². The first-order valence-corrected chi connectivity index (χ1v) is 6.79. The molecule has 0 aromatic carbocycles. The van der Waals surface area contributed by atoms with Gasteiger partial charge in [-0.05, 0) is 62.2 Å². The standard InChI is InChI=1S/C16H20/c1-9-3-13-5-11(9)7-15(13)16-8-12-6-14(16)4-10(12)2/h11-14H,1-8H2. The van der Waals surface area contributed by atoms with Crippen molar-refractivity contribution < 1.29 is 0 Å². The van der Waals surface area contributed by atoms with Crippen molar-refractivity contribution >= 4 is 0 Å². The number of fused-ring (bicyclic) bond motifs is 4. The van der Waals surface area contributed by atoms with Gasteiger partial charge in [0, 0.05) is 0 Å². The minimum Gasteiger partial charge on any atom is -0.0995 e. The molecule has 0 aromatic heterocycles. The molecule has 84 valence electrons. The van der Waals surface area contributed by atoms with Crippen LogP contribution in [0.5, 0.6) is 0 Å². The van der Waals surface area contributed by atoms with Gasteiger partial charge < -0.3 is 0 Å². The first-order chi connectivity index (χ1) is 7.72. The van der Waals surface area contributed by atoms with E-state index in [0.29, 0.717) is 0 Å². The maximum absolute atomic E-state index is 4.22. The topological polar surface area (TPSA) is 0 Å². The number of hydrogen-bond acceptors (Lipinski definition) is 0. The van der Waals surface area contributed by atoms with E-state index in [2.05, 4.69) is 13.2 Å². The van der Waals surface area contributed by atoms with Crippen molar-refractivity contribution in [2.45, 2.75) is 38.5 Å². The molecular weight excluding hydrogens is 192 g/mol. The van der Waals surface area contributed by atoms with Gasteiger partial charge in [0.15, 0.2) is 0 Å². The molecule has 0 amide bonds. The molecule has 4 rings (SSSR count). The Labute approximate surface area is 98.1 Å². The molecule has 0 heterocycles. The first kappa shape index (κ1) is 9.27. The van der Waals surface area contributed by atoms with E-state index >= 15 is 0 Å². The van der Waals surface area contributed by atoms with Gasteiger partial charge in [-0.25, -0.2) is 0 Å². The summed E-state index contributed by atoms with van der Waals surface area (Å²) in [5.41, 5.74) is 6.83. The fourth-order valence-corrected chi connectivity index (χ4v) is 4.79. The molecule has 4 saturated carbocycles. The van der Waals surface area contributed by atoms with Crippen LogP contribution < -0.4 is 0 Å². The zero-order valence-electron chi connectivity index (χ0n) is 9.97. The molecule has 0 heteroatoms. The van der Waals surface area contributed by atoms with Crippen LogP contribution in [0, 0.1) is 23.7 Å². The van der Waals surface area contributed by atoms with Gasteiger partial charge in [0.1, 0.15) is 0 Å². The summed E-state index contributed by atoms with van der Waals surface area (Å²) in [4.78, 5) is 0. The molecule has 0 aromatic rings. The zero-order valence-corrected chi connectivity index (χ0v) is 9.97. The molecule has 0 aliphatic heterocycles. The molecule has 4 aliphatic rings. The monoisotopic (exact) mass is 212 g/mol. The van der Waals surface area contributed by atoms with Gasteiger partial charge in [-0.3, -0.25) is 0 Å². The van der Waals surface area contributed by atoms with Crippen LogP contribution in [0.1, 0.15) is 38.5 Å². The van der Waals surface area contributed by atoms with E-state index in [1.807, 2.05) is 11.1 Å². The molecule has 4 atom stereocenters. The van der Waals surface area contributed by atoms with Gasteiger partial charge in [-0.1, -0.05) is 35.5 Å². The van der Waals surface area contributed by atoms with Crippen LogP contribution in [0.15, 0.2) is 35.5 Å². The van der Waals surface area contributed by atoms with Crippen LogP contribution in [-0.4, -0.2) is 0 Å². The summed E-state index contributed by atoms with van der Waals surface area (Å²) < 4.78 is 0. The van der Waals surface area contributed by atoms with E-state index in [1.54, 1.807) is 11.1 Å². The largest absolute Gasteiger partial charge is 0.0995 e. The van der Waals surface area contributed by atoms with Crippen molar-refractivity contribution in [3.05, 3.63) is 35.5 Å². The van der Waals surface area contributed by atoms with Crippen molar-refractivity contribution in [1.82, 2.24) is 0 Å². The van der Waals surface area contributed by atoms with E-state index in [9.17, 15) is 0 Å². The van der Waals surface area contributed by atoms with Crippen molar-refractivity contribution in [2.75, 3.05) is 0 Å². The van der Waals surface area contributed by atoms with E-state index < -0.39 is 0 Å². The summed E-state index contributed by atoms with van der Waals surface area (Å²) in [5, 5.41) is 0. The summed E-state index contributed by atoms with van der Waals surface area (Å²) in [7, 11) is 0. The minimum atomic E-state index is 0.856. The normalized spacial score (nSPS) is 49.8. The Hall–Kier alpha value is -0.780. The molecule has 0 radical (unpaired) electrons.